The average Bonchev–Trinajstić information content (AvgIpc) is 3.16. The predicted molar refractivity (Wildman–Crippen MR) is 206 cm³/mol. The molecule has 6 rings (SSSR count). The summed E-state index contributed by atoms with van der Waals surface area (Å²) in [4.78, 5) is -1.81. The van der Waals surface area contributed by atoms with Crippen LogP contribution in [-0.4, -0.2) is 50.4 Å². The fourth-order valence-corrected chi connectivity index (χ4v) is 6.76. The molecule has 0 heterocycles. The topological polar surface area (TPSA) is 294 Å². The Kier molecular flexibility index (Phi) is 14.7. The van der Waals surface area contributed by atoms with Gasteiger partial charge in [-0.1, -0.05) is 30.3 Å². The van der Waals surface area contributed by atoms with Crippen molar-refractivity contribution in [2.75, 3.05) is 25.7 Å². The third kappa shape index (κ3) is 9.99. The number of anilines is 2. The van der Waals surface area contributed by atoms with Crippen molar-refractivity contribution in [2.45, 2.75) is 9.79 Å². The Morgan fingerprint density at radius 1 is 0.569 bits per heavy atom. The van der Waals surface area contributed by atoms with Crippen molar-refractivity contribution >= 4 is 76.5 Å². The molecule has 0 atom stereocenters. The molecule has 0 unspecified atom stereocenters. The van der Waals surface area contributed by atoms with E-state index in [4.69, 9.17) is 20.9 Å². The molecule has 0 fully saturated rings. The summed E-state index contributed by atoms with van der Waals surface area (Å²) in [6.07, 6.45) is 0. The van der Waals surface area contributed by atoms with Crippen molar-refractivity contribution in [2.24, 2.45) is 30.7 Å². The minimum absolute atomic E-state index is 0. The summed E-state index contributed by atoms with van der Waals surface area (Å²) >= 11 is 0. The van der Waals surface area contributed by atoms with Crippen molar-refractivity contribution in [3.8, 4) is 34.1 Å². The molecule has 0 saturated carbocycles. The largest absolute Gasteiger partial charge is 1.00 e. The Morgan fingerprint density at radius 3 is 1.57 bits per heavy atom. The van der Waals surface area contributed by atoms with Gasteiger partial charge in [0.05, 0.1) is 36.7 Å². The third-order valence-electron chi connectivity index (χ3n) is 8.12. The van der Waals surface area contributed by atoms with E-state index in [1.54, 1.807) is 60.7 Å². The minimum Gasteiger partial charge on any atom is -0.508 e. The van der Waals surface area contributed by atoms with Crippen LogP contribution >= 0.6 is 0 Å². The zero-order chi connectivity index (χ0) is 40.4. The van der Waals surface area contributed by atoms with Crippen molar-refractivity contribution in [1.82, 2.24) is 0 Å². The third-order valence-corrected chi connectivity index (χ3v) is 9.85. The van der Waals surface area contributed by atoms with Crippen LogP contribution in [0.15, 0.2) is 138 Å². The Balaban J connectivity index is 0.00000372. The molecule has 0 aliphatic heterocycles. The molecule has 0 aliphatic carbocycles. The monoisotopic (exact) mass is 844 g/mol. The van der Waals surface area contributed by atoms with Gasteiger partial charge in [0, 0.05) is 6.07 Å². The summed E-state index contributed by atoms with van der Waals surface area (Å²) in [6.45, 7) is 0. The van der Waals surface area contributed by atoms with Crippen LogP contribution in [0.5, 0.6) is 23.0 Å². The number of phenols is 2. The number of hydrogen-bond acceptors (Lipinski definition) is 16. The number of ether oxygens (including phenoxy) is 2. The molecule has 0 radical (unpaired) electrons. The van der Waals surface area contributed by atoms with Gasteiger partial charge in [-0.25, -0.2) is 0 Å². The van der Waals surface area contributed by atoms with Gasteiger partial charge in [-0.05, 0) is 77.2 Å². The van der Waals surface area contributed by atoms with E-state index in [1.165, 1.54) is 38.5 Å². The Labute approximate surface area is 375 Å². The number of phenolic OH excluding ortho intramolecular Hbond substituents is 2. The molecular weight excluding hydrogens is 815 g/mol. The van der Waals surface area contributed by atoms with E-state index in [-0.39, 0.29) is 98.4 Å². The molecular formula is C36H30N8Na2O10S2+2. The molecule has 0 amide bonds. The molecule has 8 N–H and O–H groups in total. The molecule has 58 heavy (non-hydrogen) atoms. The van der Waals surface area contributed by atoms with Gasteiger partial charge >= 0.3 is 59.1 Å². The van der Waals surface area contributed by atoms with Gasteiger partial charge in [0.2, 0.25) is 0 Å². The Morgan fingerprint density at radius 2 is 1.05 bits per heavy atom. The summed E-state index contributed by atoms with van der Waals surface area (Å²) in [5.41, 5.74) is 13.0. The number of hydrogen-bond donors (Lipinski definition) is 6. The molecule has 0 aromatic heterocycles. The smallest absolute Gasteiger partial charge is 0.508 e. The van der Waals surface area contributed by atoms with Gasteiger partial charge in [0.25, 0.3) is 20.2 Å². The fourth-order valence-electron chi connectivity index (χ4n) is 5.43. The molecule has 286 valence electrons. The zero-order valence-corrected chi connectivity index (χ0v) is 36.8. The SMILES string of the molecule is COc1cc(-c2ccc(N=Nc3c(S(=O)(=O)O)cc4cc(S(=O)(=O)O)c(N=Nc5ccccc5)c(O)c4c3N)c(OC)c2)ccc1N=Nc1ccc(O)cc1N.[Na+].[Na+]. The van der Waals surface area contributed by atoms with Crippen molar-refractivity contribution in [1.29, 1.82) is 0 Å². The van der Waals surface area contributed by atoms with Crippen LogP contribution in [0.4, 0.5) is 45.5 Å². The molecule has 22 heteroatoms. The molecule has 18 nitrogen and oxygen atoms in total. The second-order valence-corrected chi connectivity index (χ2v) is 14.5. The normalized spacial score (nSPS) is 11.9. The first-order chi connectivity index (χ1) is 26.6. The summed E-state index contributed by atoms with van der Waals surface area (Å²) in [6, 6.07) is 23.8. The number of aromatic hydroxyl groups is 2. The molecule has 6 aromatic rings. The van der Waals surface area contributed by atoms with Crippen LogP contribution in [0.1, 0.15) is 0 Å². The van der Waals surface area contributed by atoms with Crippen LogP contribution in [0.25, 0.3) is 21.9 Å². The second-order valence-electron chi connectivity index (χ2n) is 11.7. The van der Waals surface area contributed by atoms with Crippen molar-refractivity contribution < 1.29 is 105 Å². The number of fused-ring (bicyclic) bond motifs is 1. The first-order valence-electron chi connectivity index (χ1n) is 15.9. The van der Waals surface area contributed by atoms with E-state index in [2.05, 4.69) is 30.7 Å². The molecule has 0 spiro atoms. The van der Waals surface area contributed by atoms with E-state index >= 15 is 0 Å². The van der Waals surface area contributed by atoms with Crippen LogP contribution < -0.4 is 80.1 Å². The molecule has 0 saturated heterocycles. The van der Waals surface area contributed by atoms with Gasteiger partial charge in [0.15, 0.2) is 5.75 Å². The van der Waals surface area contributed by atoms with Gasteiger partial charge in [-0.2, -0.15) is 21.9 Å². The van der Waals surface area contributed by atoms with E-state index in [9.17, 15) is 36.2 Å². The number of nitrogens with zero attached hydrogens (tertiary/aromatic N) is 6. The summed E-state index contributed by atoms with van der Waals surface area (Å²) in [5.74, 6) is -0.356. The Hall–Kier alpha value is -5.00. The predicted octanol–water partition coefficient (Wildman–Crippen LogP) is 2.85. The van der Waals surface area contributed by atoms with Gasteiger partial charge in [-0.15, -0.1) is 25.6 Å². The average molecular weight is 845 g/mol. The van der Waals surface area contributed by atoms with Gasteiger partial charge in [-0.3, -0.25) is 9.11 Å². The van der Waals surface area contributed by atoms with Crippen LogP contribution in [-0.2, 0) is 20.2 Å². The second kappa shape index (κ2) is 18.7. The standard InChI is InChI=1S/C36H30N8O10S2.2Na/c1-53-28-14-19(8-11-26(28)41-40-25-13-10-23(45)18-24(25)37)20-9-12-27(29(15-20)54-2)42-43-34-30(55(47,48)49)16-21-17-31(56(50,51)52)35(36(46)32(21)33(34)38)44-39-22-6-4-3-5-7-22;;/h3-18,45-46H,37-38H2,1-2H3,(H,47,48,49)(H,50,51,52);;/q;2*+1. The number of nitrogens with two attached hydrogens (primary N) is 2. The van der Waals surface area contributed by atoms with Gasteiger partial charge in [0.1, 0.15) is 55.5 Å². The number of rotatable bonds is 11. The van der Waals surface area contributed by atoms with E-state index in [0.29, 0.717) is 28.3 Å². The molecule has 0 bridgehead atoms. The fraction of sp³-hybridized carbons (Fsp3) is 0.0556. The van der Waals surface area contributed by atoms with Crippen LogP contribution in [0.3, 0.4) is 0 Å². The molecule has 6 aromatic carbocycles. The molecule has 0 aliphatic rings. The zero-order valence-electron chi connectivity index (χ0n) is 31.1. The maximum atomic E-state index is 12.6. The number of azo groups is 3. The quantitative estimate of drug-likeness (QED) is 0.0475. The van der Waals surface area contributed by atoms with Crippen LogP contribution in [0.2, 0.25) is 0 Å². The van der Waals surface area contributed by atoms with E-state index in [0.717, 1.165) is 12.1 Å². The van der Waals surface area contributed by atoms with Crippen LogP contribution in [0, 0.1) is 0 Å². The first-order valence-corrected chi connectivity index (χ1v) is 18.8. The van der Waals surface area contributed by atoms with E-state index in [1.807, 2.05) is 0 Å². The number of methoxy groups -OCH3 is 2. The van der Waals surface area contributed by atoms with E-state index < -0.39 is 52.8 Å². The maximum absolute atomic E-state index is 12.6. The van der Waals surface area contributed by atoms with Crippen molar-refractivity contribution in [3.05, 3.63) is 97.1 Å². The Bertz CT molecular complexity index is 2850. The summed E-state index contributed by atoms with van der Waals surface area (Å²) in [5, 5.41) is 44.5. The first kappa shape index (κ1) is 45.7. The number of nitrogen functional groups attached to an aromatic ring is 2. The minimum atomic E-state index is -5.11. The number of benzene rings is 6. The maximum Gasteiger partial charge on any atom is 1.00 e. The van der Waals surface area contributed by atoms with Crippen molar-refractivity contribution in [3.63, 3.8) is 0 Å². The van der Waals surface area contributed by atoms with Gasteiger partial charge < -0.3 is 31.2 Å². The summed E-state index contributed by atoms with van der Waals surface area (Å²) < 4.78 is 81.0. The summed E-state index contributed by atoms with van der Waals surface area (Å²) in [7, 11) is -7.36.